The van der Waals surface area contributed by atoms with Crippen LogP contribution in [0.4, 0.5) is 0 Å². The molecule has 0 aliphatic carbocycles. The lowest BCUT2D eigenvalue weighted by Gasteiger charge is -2.20. The Morgan fingerprint density at radius 2 is 1.65 bits per heavy atom. The maximum absolute atomic E-state index is 10.6. The van der Waals surface area contributed by atoms with Gasteiger partial charge in [0, 0.05) is 0 Å². The van der Waals surface area contributed by atoms with Crippen LogP contribution in [-0.4, -0.2) is 80.3 Å². The fraction of sp³-hybridized carbons (Fsp3) is 0.900. The summed E-state index contributed by atoms with van der Waals surface area (Å²) in [4.78, 5) is 3.97. The Morgan fingerprint density at radius 3 is 1.94 bits per heavy atom. The molecule has 0 aliphatic heterocycles. The first-order valence-electron chi connectivity index (χ1n) is 5.60. The van der Waals surface area contributed by atoms with Gasteiger partial charge in [-0.1, -0.05) is 0 Å². The van der Waals surface area contributed by atoms with Crippen molar-refractivity contribution in [1.82, 2.24) is 9.80 Å². The lowest BCUT2D eigenvalue weighted by molar-refractivity contribution is -0.533. The Labute approximate surface area is 104 Å². The highest BCUT2D eigenvalue weighted by atomic mass is 32.2. The zero-order chi connectivity index (χ0) is 13.6. The summed E-state index contributed by atoms with van der Waals surface area (Å²) >= 11 is 0. The van der Waals surface area contributed by atoms with Crippen molar-refractivity contribution in [3.63, 3.8) is 0 Å². The van der Waals surface area contributed by atoms with Crippen molar-refractivity contribution in [3.8, 4) is 0 Å². The molecule has 0 amide bonds. The van der Waals surface area contributed by atoms with Crippen molar-refractivity contribution in [2.24, 2.45) is 0 Å². The fourth-order valence-electron chi connectivity index (χ4n) is 1.80. The molecule has 7 heteroatoms. The highest BCUT2D eigenvalue weighted by Crippen LogP contribution is 1.95. The lowest BCUT2D eigenvalue weighted by atomic mass is 10.4. The van der Waals surface area contributed by atoms with Gasteiger partial charge in [0.1, 0.15) is 0 Å². The first-order valence-corrected chi connectivity index (χ1v) is 7.21. The van der Waals surface area contributed by atoms with Crippen LogP contribution in [0.1, 0.15) is 13.3 Å². The maximum Gasteiger partial charge on any atom is 0.349 e. The van der Waals surface area contributed by atoms with Crippen LogP contribution < -0.4 is 0 Å². The zero-order valence-electron chi connectivity index (χ0n) is 11.3. The molecule has 0 aromatic carbocycles. The first-order chi connectivity index (χ1) is 7.69. The topological polar surface area (TPSA) is 63.9 Å². The molecule has 17 heavy (non-hydrogen) atoms. The van der Waals surface area contributed by atoms with E-state index in [1.54, 1.807) is 0 Å². The van der Waals surface area contributed by atoms with E-state index in [-0.39, 0.29) is 5.75 Å². The van der Waals surface area contributed by atoms with Crippen LogP contribution in [-0.2, 0) is 10.1 Å². The molecule has 0 aliphatic rings. The van der Waals surface area contributed by atoms with E-state index in [1.807, 2.05) is 44.9 Å². The van der Waals surface area contributed by atoms with E-state index < -0.39 is 10.1 Å². The second-order valence-electron chi connectivity index (χ2n) is 4.31. The molecule has 0 spiro atoms. The number of guanidine groups is 1. The molecule has 1 N–H and O–H groups in total. The Balaban J connectivity index is 4.74. The molecule has 102 valence electrons. The Bertz CT molecular complexity index is 351. The Morgan fingerprint density at radius 1 is 1.18 bits per heavy atom. The predicted molar refractivity (Wildman–Crippen MR) is 69.1 cm³/mol. The standard InChI is InChI=1S/C10H23N3O3S/c1-6-13(8-7-9-17(14,15)16)10(11(2)3)12(4)5/h6-9H2,1-5H3/p+1. The molecular formula is C10H24N3O3S+. The van der Waals surface area contributed by atoms with Crippen LogP contribution >= 0.6 is 0 Å². The number of hydrogen-bond acceptors (Lipinski definition) is 2. The van der Waals surface area contributed by atoms with E-state index >= 15 is 0 Å². The first kappa shape index (κ1) is 16.2. The molecule has 0 fully saturated rings. The SMILES string of the molecule is CC[N+](CCCS(=O)(=O)O)=C(N(C)C)N(C)C. The van der Waals surface area contributed by atoms with E-state index in [0.717, 1.165) is 12.5 Å². The second kappa shape index (κ2) is 6.80. The molecule has 0 radical (unpaired) electrons. The van der Waals surface area contributed by atoms with Gasteiger partial charge in [-0.25, -0.2) is 0 Å². The quantitative estimate of drug-likeness (QED) is 0.322. The molecule has 0 rings (SSSR count). The second-order valence-corrected chi connectivity index (χ2v) is 5.88. The summed E-state index contributed by atoms with van der Waals surface area (Å²) in [7, 11) is 3.92. The van der Waals surface area contributed by atoms with Crippen LogP contribution in [0.25, 0.3) is 0 Å². The summed E-state index contributed by atoms with van der Waals surface area (Å²) in [6.07, 6.45) is 0.415. The van der Waals surface area contributed by atoms with Gasteiger partial charge in [0.05, 0.1) is 47.0 Å². The summed E-state index contributed by atoms with van der Waals surface area (Å²) in [6, 6.07) is 0. The number of rotatable bonds is 5. The van der Waals surface area contributed by atoms with Gasteiger partial charge in [-0.2, -0.15) is 8.42 Å². The highest BCUT2D eigenvalue weighted by molar-refractivity contribution is 7.85. The summed E-state index contributed by atoms with van der Waals surface area (Å²) in [5.74, 6) is 0.820. The Hall–Kier alpha value is -0.820. The molecule has 6 nitrogen and oxygen atoms in total. The molecular weight excluding hydrogens is 242 g/mol. The summed E-state index contributed by atoms with van der Waals surface area (Å²) < 4.78 is 32.1. The van der Waals surface area contributed by atoms with Gasteiger partial charge >= 0.3 is 5.96 Å². The average Bonchev–Trinajstić information content (AvgIpc) is 2.12. The number of nitrogens with zero attached hydrogens (tertiary/aromatic N) is 3. The minimum atomic E-state index is -3.86. The summed E-state index contributed by atoms with van der Waals surface area (Å²) in [5.41, 5.74) is 0. The molecule has 0 bridgehead atoms. The molecule has 0 aromatic heterocycles. The molecule has 0 unspecified atom stereocenters. The van der Waals surface area contributed by atoms with E-state index in [0.29, 0.717) is 13.0 Å². The number of hydrogen-bond donors (Lipinski definition) is 1. The lowest BCUT2D eigenvalue weighted by Crippen LogP contribution is -2.43. The van der Waals surface area contributed by atoms with Crippen molar-refractivity contribution in [2.45, 2.75) is 13.3 Å². The molecule has 0 atom stereocenters. The van der Waals surface area contributed by atoms with E-state index in [9.17, 15) is 8.42 Å². The van der Waals surface area contributed by atoms with Gasteiger partial charge in [0.2, 0.25) is 0 Å². The van der Waals surface area contributed by atoms with Gasteiger partial charge in [-0.15, -0.1) is 0 Å². The van der Waals surface area contributed by atoms with Crippen LogP contribution in [0.2, 0.25) is 0 Å². The van der Waals surface area contributed by atoms with Crippen molar-refractivity contribution in [1.29, 1.82) is 0 Å². The third-order valence-corrected chi connectivity index (χ3v) is 3.10. The summed E-state index contributed by atoms with van der Waals surface area (Å²) in [6.45, 7) is 3.40. The van der Waals surface area contributed by atoms with Gasteiger partial charge < -0.3 is 0 Å². The summed E-state index contributed by atoms with van der Waals surface area (Å²) in [5, 5.41) is 0. The van der Waals surface area contributed by atoms with Gasteiger partial charge in [-0.05, 0) is 13.3 Å². The third-order valence-electron chi connectivity index (χ3n) is 2.29. The van der Waals surface area contributed by atoms with Crippen molar-refractivity contribution in [2.75, 3.05) is 47.0 Å². The Kier molecular flexibility index (Phi) is 6.48. The van der Waals surface area contributed by atoms with Crippen molar-refractivity contribution in [3.05, 3.63) is 0 Å². The van der Waals surface area contributed by atoms with Crippen molar-refractivity contribution >= 4 is 16.1 Å². The van der Waals surface area contributed by atoms with Crippen molar-refractivity contribution < 1.29 is 17.5 Å². The average molecular weight is 266 g/mol. The highest BCUT2D eigenvalue weighted by Gasteiger charge is 2.17. The van der Waals surface area contributed by atoms with Crippen LogP contribution in [0.5, 0.6) is 0 Å². The van der Waals surface area contributed by atoms with E-state index in [4.69, 9.17) is 4.55 Å². The normalized spacial score (nSPS) is 11.2. The molecule has 0 aromatic rings. The van der Waals surface area contributed by atoms with Crippen LogP contribution in [0, 0.1) is 0 Å². The molecule has 0 saturated carbocycles. The van der Waals surface area contributed by atoms with Crippen LogP contribution in [0.15, 0.2) is 0 Å². The smallest absolute Gasteiger partial charge is 0.286 e. The van der Waals surface area contributed by atoms with E-state index in [2.05, 4.69) is 4.58 Å². The van der Waals surface area contributed by atoms with Crippen LogP contribution in [0.3, 0.4) is 0 Å². The fourth-order valence-corrected chi connectivity index (χ4v) is 2.30. The van der Waals surface area contributed by atoms with Gasteiger partial charge in [-0.3, -0.25) is 18.9 Å². The van der Waals surface area contributed by atoms with Gasteiger partial charge in [0.15, 0.2) is 0 Å². The predicted octanol–water partition coefficient (Wildman–Crippen LogP) is -0.224. The molecule has 0 saturated heterocycles. The molecule has 0 heterocycles. The van der Waals surface area contributed by atoms with E-state index in [1.165, 1.54) is 0 Å². The van der Waals surface area contributed by atoms with Gasteiger partial charge in [0.25, 0.3) is 10.1 Å². The largest absolute Gasteiger partial charge is 0.349 e. The zero-order valence-corrected chi connectivity index (χ0v) is 12.2. The third kappa shape index (κ3) is 6.48. The monoisotopic (exact) mass is 266 g/mol. The minimum absolute atomic E-state index is 0.197. The maximum atomic E-state index is 10.6. The minimum Gasteiger partial charge on any atom is -0.286 e.